The molecule has 0 spiro atoms. The maximum atomic E-state index is 6.06. The van der Waals surface area contributed by atoms with E-state index in [4.69, 9.17) is 10.5 Å². The average Bonchev–Trinajstić information content (AvgIpc) is 3.07. The van der Waals surface area contributed by atoms with Crippen LogP contribution in [0.15, 0.2) is 27.7 Å². The van der Waals surface area contributed by atoms with Crippen LogP contribution in [0.2, 0.25) is 0 Å². The molecule has 5 nitrogen and oxygen atoms in total. The third kappa shape index (κ3) is 5.49. The number of rotatable bonds is 4. The van der Waals surface area contributed by atoms with E-state index in [0.29, 0.717) is 18.5 Å². The second kappa shape index (κ2) is 9.82. The van der Waals surface area contributed by atoms with Crippen molar-refractivity contribution in [2.75, 3.05) is 31.2 Å². The van der Waals surface area contributed by atoms with E-state index in [9.17, 15) is 0 Å². The molecule has 2 aliphatic rings. The number of nitrogens with zero attached hydrogens (tertiary/aromatic N) is 2. The van der Waals surface area contributed by atoms with Crippen molar-refractivity contribution in [1.82, 2.24) is 5.32 Å². The maximum absolute atomic E-state index is 6.06. The van der Waals surface area contributed by atoms with Gasteiger partial charge in [-0.3, -0.25) is 0 Å². The first kappa shape index (κ1) is 19.8. The monoisotopic (exact) mass is 508 g/mol. The highest BCUT2D eigenvalue weighted by Crippen LogP contribution is 2.26. The summed E-state index contributed by atoms with van der Waals surface area (Å²) in [5.74, 6) is 0.563. The summed E-state index contributed by atoms with van der Waals surface area (Å²) in [5, 5.41) is 3.34. The summed E-state index contributed by atoms with van der Waals surface area (Å²) < 4.78 is 6.54. The number of aliphatic imine (C=N–C) groups is 1. The Balaban J connectivity index is 0.00000208. The summed E-state index contributed by atoms with van der Waals surface area (Å²) >= 11 is 3.57. The van der Waals surface area contributed by atoms with Gasteiger partial charge in [0.2, 0.25) is 0 Å². The average molecular weight is 509 g/mol. The summed E-state index contributed by atoms with van der Waals surface area (Å²) in [6.07, 6.45) is 4.98. The van der Waals surface area contributed by atoms with Crippen LogP contribution in [0.25, 0.3) is 0 Å². The Morgan fingerprint density at radius 1 is 1.29 bits per heavy atom. The molecule has 0 aromatic heterocycles. The minimum Gasteiger partial charge on any atom is -0.378 e. The summed E-state index contributed by atoms with van der Waals surface area (Å²) in [5.41, 5.74) is 8.48. The van der Waals surface area contributed by atoms with E-state index in [1.54, 1.807) is 0 Å². The zero-order valence-corrected chi connectivity index (χ0v) is 17.8. The van der Waals surface area contributed by atoms with Crippen LogP contribution in [0.5, 0.6) is 0 Å². The Morgan fingerprint density at radius 3 is 2.71 bits per heavy atom. The van der Waals surface area contributed by atoms with Crippen LogP contribution >= 0.6 is 39.9 Å². The van der Waals surface area contributed by atoms with Gasteiger partial charge in [-0.1, -0.05) is 34.8 Å². The summed E-state index contributed by atoms with van der Waals surface area (Å²) in [7, 11) is 0. The molecule has 0 radical (unpaired) electrons. The molecule has 1 saturated heterocycles. The second-order valence-electron chi connectivity index (χ2n) is 6.20. The first-order valence-electron chi connectivity index (χ1n) is 8.40. The third-order valence-electron chi connectivity index (χ3n) is 4.53. The van der Waals surface area contributed by atoms with Gasteiger partial charge in [-0.25, -0.2) is 4.99 Å². The molecule has 1 aliphatic heterocycles. The smallest absolute Gasteiger partial charge is 0.189 e. The first-order chi connectivity index (χ1) is 11.2. The van der Waals surface area contributed by atoms with E-state index >= 15 is 0 Å². The van der Waals surface area contributed by atoms with Crippen molar-refractivity contribution in [2.24, 2.45) is 10.7 Å². The number of ether oxygens (including phenoxy) is 1. The van der Waals surface area contributed by atoms with Crippen molar-refractivity contribution in [2.45, 2.75) is 38.3 Å². The van der Waals surface area contributed by atoms with Crippen molar-refractivity contribution < 1.29 is 4.74 Å². The van der Waals surface area contributed by atoms with Crippen LogP contribution in [-0.2, 0) is 11.3 Å². The molecular weight excluding hydrogens is 483 g/mol. The minimum absolute atomic E-state index is 0. The van der Waals surface area contributed by atoms with Crippen LogP contribution in [0.1, 0.15) is 31.2 Å². The van der Waals surface area contributed by atoms with Gasteiger partial charge in [0.15, 0.2) is 5.96 Å². The van der Waals surface area contributed by atoms with Crippen molar-refractivity contribution >= 4 is 51.6 Å². The maximum Gasteiger partial charge on any atom is 0.189 e. The highest BCUT2D eigenvalue weighted by atomic mass is 127. The molecule has 24 heavy (non-hydrogen) atoms. The fraction of sp³-hybridized carbons (Fsp3) is 0.588. The molecule has 1 aliphatic carbocycles. The summed E-state index contributed by atoms with van der Waals surface area (Å²) in [6.45, 7) is 4.00. The van der Waals surface area contributed by atoms with E-state index in [0.717, 1.165) is 30.8 Å². The molecule has 1 aromatic rings. The zero-order chi connectivity index (χ0) is 16.1. The van der Waals surface area contributed by atoms with Crippen LogP contribution in [-0.4, -0.2) is 38.3 Å². The Bertz CT molecular complexity index is 558. The van der Waals surface area contributed by atoms with Gasteiger partial charge >= 0.3 is 0 Å². The lowest BCUT2D eigenvalue weighted by Gasteiger charge is -2.30. The number of morpholine rings is 1. The molecule has 3 rings (SSSR count). The third-order valence-corrected chi connectivity index (χ3v) is 5.02. The van der Waals surface area contributed by atoms with Crippen molar-refractivity contribution in [3.05, 3.63) is 28.2 Å². The number of nitrogens with two attached hydrogens (primary N) is 1. The van der Waals surface area contributed by atoms with E-state index < -0.39 is 0 Å². The molecule has 0 bridgehead atoms. The molecule has 134 valence electrons. The summed E-state index contributed by atoms with van der Waals surface area (Å²) in [4.78, 5) is 6.91. The van der Waals surface area contributed by atoms with Gasteiger partial charge in [0.25, 0.3) is 0 Å². The van der Waals surface area contributed by atoms with Gasteiger partial charge in [-0.15, -0.1) is 24.0 Å². The number of guanidine groups is 1. The predicted molar refractivity (Wildman–Crippen MR) is 113 cm³/mol. The number of hydrogen-bond donors (Lipinski definition) is 2. The van der Waals surface area contributed by atoms with Gasteiger partial charge in [0.1, 0.15) is 0 Å². The molecule has 3 N–H and O–H groups in total. The lowest BCUT2D eigenvalue weighted by Crippen LogP contribution is -2.38. The van der Waals surface area contributed by atoms with Crippen LogP contribution in [0, 0.1) is 0 Å². The summed E-state index contributed by atoms with van der Waals surface area (Å²) in [6, 6.07) is 6.86. The number of anilines is 1. The largest absolute Gasteiger partial charge is 0.378 e. The lowest BCUT2D eigenvalue weighted by molar-refractivity contribution is 0.122. The number of benzene rings is 1. The van der Waals surface area contributed by atoms with Gasteiger partial charge in [-0.05, 0) is 30.5 Å². The zero-order valence-electron chi connectivity index (χ0n) is 13.8. The molecule has 2 fully saturated rings. The van der Waals surface area contributed by atoms with Gasteiger partial charge in [-0.2, -0.15) is 0 Å². The molecule has 7 heteroatoms. The van der Waals surface area contributed by atoms with Gasteiger partial charge < -0.3 is 20.7 Å². The van der Waals surface area contributed by atoms with Crippen LogP contribution in [0.3, 0.4) is 0 Å². The molecule has 0 unspecified atom stereocenters. The standard InChI is InChI=1S/C17H25BrN4O.HI/c18-14-6-5-13(16(11-14)22-7-9-23-10-8-22)12-20-17(19)21-15-3-1-2-4-15;/h5-6,11,15H,1-4,7-10,12H2,(H3,19,20,21);1H. The number of halogens is 2. The molecular formula is C17H26BrIN4O. The highest BCUT2D eigenvalue weighted by molar-refractivity contribution is 14.0. The van der Waals surface area contributed by atoms with Crippen molar-refractivity contribution in [3.8, 4) is 0 Å². The molecule has 0 amide bonds. The minimum atomic E-state index is 0. The molecule has 0 atom stereocenters. The second-order valence-corrected chi connectivity index (χ2v) is 7.12. The fourth-order valence-corrected chi connectivity index (χ4v) is 3.61. The Labute approximate surface area is 169 Å². The molecule has 1 saturated carbocycles. The van der Waals surface area contributed by atoms with E-state index in [1.807, 2.05) is 0 Å². The normalized spacial score (nSPS) is 19.2. The SMILES string of the molecule is I.NC(=NCc1ccc(Br)cc1N1CCOCC1)NC1CCCC1. The number of hydrogen-bond acceptors (Lipinski definition) is 3. The Hall–Kier alpha value is -0.540. The van der Waals surface area contributed by atoms with Crippen LogP contribution < -0.4 is 16.0 Å². The van der Waals surface area contributed by atoms with E-state index in [1.165, 1.54) is 36.9 Å². The van der Waals surface area contributed by atoms with Crippen molar-refractivity contribution in [3.63, 3.8) is 0 Å². The highest BCUT2D eigenvalue weighted by Gasteiger charge is 2.16. The molecule has 1 aromatic carbocycles. The molecule has 1 heterocycles. The predicted octanol–water partition coefficient (Wildman–Crippen LogP) is 3.25. The van der Waals surface area contributed by atoms with E-state index in [2.05, 4.69) is 49.3 Å². The van der Waals surface area contributed by atoms with Crippen LogP contribution in [0.4, 0.5) is 5.69 Å². The lowest BCUT2D eigenvalue weighted by atomic mass is 10.1. The van der Waals surface area contributed by atoms with Gasteiger partial charge in [0, 0.05) is 29.3 Å². The topological polar surface area (TPSA) is 62.9 Å². The van der Waals surface area contributed by atoms with Crippen molar-refractivity contribution in [1.29, 1.82) is 0 Å². The fourth-order valence-electron chi connectivity index (χ4n) is 3.26. The Morgan fingerprint density at radius 2 is 2.00 bits per heavy atom. The quantitative estimate of drug-likeness (QED) is 0.372. The van der Waals surface area contributed by atoms with Gasteiger partial charge in [0.05, 0.1) is 19.8 Å². The first-order valence-corrected chi connectivity index (χ1v) is 9.19. The Kier molecular flexibility index (Phi) is 8.09. The van der Waals surface area contributed by atoms with E-state index in [-0.39, 0.29) is 24.0 Å². The number of nitrogens with one attached hydrogen (secondary N) is 1.